The standard InChI is InChI=1S/C13H22N2O4/c1-9(13(18)19)10(2)14-11(16)8-15-7-5-3-4-6-12(15)17/h9-10H,3-8H2,1-2H3,(H,14,16)(H,18,19). The van der Waals surface area contributed by atoms with Gasteiger partial charge in [0.15, 0.2) is 0 Å². The van der Waals surface area contributed by atoms with Gasteiger partial charge < -0.3 is 15.3 Å². The number of hydrogen-bond donors (Lipinski definition) is 2. The Bertz CT molecular complexity index is 357. The van der Waals surface area contributed by atoms with Crippen LogP contribution >= 0.6 is 0 Å². The van der Waals surface area contributed by atoms with Crippen molar-refractivity contribution in [1.29, 1.82) is 0 Å². The first-order chi connectivity index (χ1) is 8.91. The Morgan fingerprint density at radius 2 is 2.00 bits per heavy atom. The molecule has 6 nitrogen and oxygen atoms in total. The van der Waals surface area contributed by atoms with Gasteiger partial charge in [-0.1, -0.05) is 6.42 Å². The van der Waals surface area contributed by atoms with Crippen LogP contribution in [0, 0.1) is 5.92 Å². The van der Waals surface area contributed by atoms with Crippen LogP contribution in [0.2, 0.25) is 0 Å². The maximum Gasteiger partial charge on any atom is 0.308 e. The molecule has 1 aliphatic heterocycles. The van der Waals surface area contributed by atoms with E-state index in [9.17, 15) is 14.4 Å². The fraction of sp³-hybridized carbons (Fsp3) is 0.769. The summed E-state index contributed by atoms with van der Waals surface area (Å²) < 4.78 is 0. The zero-order valence-corrected chi connectivity index (χ0v) is 11.5. The molecule has 0 radical (unpaired) electrons. The van der Waals surface area contributed by atoms with Gasteiger partial charge in [0.05, 0.1) is 12.5 Å². The Morgan fingerprint density at radius 1 is 1.32 bits per heavy atom. The van der Waals surface area contributed by atoms with E-state index in [1.165, 1.54) is 0 Å². The van der Waals surface area contributed by atoms with Crippen LogP contribution in [-0.2, 0) is 14.4 Å². The molecule has 2 unspecified atom stereocenters. The molecule has 1 aliphatic rings. The SMILES string of the molecule is CC(NC(=O)CN1CCCCCC1=O)C(C)C(=O)O. The van der Waals surface area contributed by atoms with E-state index in [4.69, 9.17) is 5.11 Å². The summed E-state index contributed by atoms with van der Waals surface area (Å²) >= 11 is 0. The first-order valence-corrected chi connectivity index (χ1v) is 6.71. The molecule has 0 bridgehead atoms. The summed E-state index contributed by atoms with van der Waals surface area (Å²) in [7, 11) is 0. The van der Waals surface area contributed by atoms with Crippen molar-refractivity contribution in [2.45, 2.75) is 45.6 Å². The van der Waals surface area contributed by atoms with Crippen molar-refractivity contribution >= 4 is 17.8 Å². The van der Waals surface area contributed by atoms with Gasteiger partial charge in [0.2, 0.25) is 11.8 Å². The van der Waals surface area contributed by atoms with Crippen LogP contribution in [0.3, 0.4) is 0 Å². The van der Waals surface area contributed by atoms with Crippen molar-refractivity contribution in [3.05, 3.63) is 0 Å². The van der Waals surface area contributed by atoms with Crippen molar-refractivity contribution in [3.63, 3.8) is 0 Å². The van der Waals surface area contributed by atoms with E-state index in [-0.39, 0.29) is 18.4 Å². The molecule has 1 saturated heterocycles. The molecule has 108 valence electrons. The van der Waals surface area contributed by atoms with Crippen LogP contribution in [0.25, 0.3) is 0 Å². The van der Waals surface area contributed by atoms with E-state index >= 15 is 0 Å². The molecule has 6 heteroatoms. The van der Waals surface area contributed by atoms with Gasteiger partial charge in [-0.05, 0) is 26.7 Å². The smallest absolute Gasteiger partial charge is 0.308 e. The van der Waals surface area contributed by atoms with Crippen molar-refractivity contribution in [1.82, 2.24) is 10.2 Å². The number of nitrogens with one attached hydrogen (secondary N) is 1. The number of carbonyl (C=O) groups excluding carboxylic acids is 2. The van der Waals surface area contributed by atoms with E-state index in [2.05, 4.69) is 5.32 Å². The fourth-order valence-electron chi connectivity index (χ4n) is 2.02. The maximum absolute atomic E-state index is 11.8. The van der Waals surface area contributed by atoms with Gasteiger partial charge in [-0.25, -0.2) is 0 Å². The molecule has 0 saturated carbocycles. The second kappa shape index (κ2) is 7.11. The van der Waals surface area contributed by atoms with Crippen LogP contribution in [-0.4, -0.2) is 46.9 Å². The summed E-state index contributed by atoms with van der Waals surface area (Å²) in [6.45, 7) is 3.83. The zero-order chi connectivity index (χ0) is 14.4. The molecule has 1 fully saturated rings. The normalized spacial score (nSPS) is 19.5. The number of carboxylic acids is 1. The molecule has 19 heavy (non-hydrogen) atoms. The molecule has 0 aliphatic carbocycles. The largest absolute Gasteiger partial charge is 0.481 e. The minimum atomic E-state index is -0.946. The summed E-state index contributed by atoms with van der Waals surface area (Å²) in [5, 5.41) is 11.5. The Labute approximate surface area is 113 Å². The maximum atomic E-state index is 11.8. The lowest BCUT2D eigenvalue weighted by atomic mass is 10.0. The Kier molecular flexibility index (Phi) is 5.79. The van der Waals surface area contributed by atoms with Gasteiger partial charge in [0.25, 0.3) is 0 Å². The molecule has 1 heterocycles. The van der Waals surface area contributed by atoms with E-state index in [1.807, 2.05) is 0 Å². The van der Waals surface area contributed by atoms with E-state index in [0.29, 0.717) is 13.0 Å². The van der Waals surface area contributed by atoms with E-state index in [1.54, 1.807) is 18.7 Å². The molecule has 1 rings (SSSR count). The van der Waals surface area contributed by atoms with Crippen molar-refractivity contribution < 1.29 is 19.5 Å². The van der Waals surface area contributed by atoms with Gasteiger partial charge in [0.1, 0.15) is 0 Å². The van der Waals surface area contributed by atoms with Crippen LogP contribution < -0.4 is 5.32 Å². The van der Waals surface area contributed by atoms with Crippen molar-refractivity contribution in [3.8, 4) is 0 Å². The van der Waals surface area contributed by atoms with Crippen molar-refractivity contribution in [2.24, 2.45) is 5.92 Å². The third-order valence-corrected chi connectivity index (χ3v) is 3.53. The lowest BCUT2D eigenvalue weighted by Crippen LogP contribution is -2.46. The number of carboxylic acid groups (broad SMARTS) is 1. The molecule has 0 aromatic carbocycles. The average Bonchev–Trinajstić information content (AvgIpc) is 2.53. The predicted octanol–water partition coefficient (Wildman–Crippen LogP) is 0.614. The lowest BCUT2D eigenvalue weighted by molar-refractivity contribution is -0.142. The van der Waals surface area contributed by atoms with Crippen molar-refractivity contribution in [2.75, 3.05) is 13.1 Å². The first kappa shape index (κ1) is 15.5. The average molecular weight is 270 g/mol. The zero-order valence-electron chi connectivity index (χ0n) is 11.5. The number of likely N-dealkylation sites (tertiary alicyclic amines) is 1. The Hall–Kier alpha value is -1.59. The minimum absolute atomic E-state index is 0.00610. The third-order valence-electron chi connectivity index (χ3n) is 3.53. The first-order valence-electron chi connectivity index (χ1n) is 6.71. The summed E-state index contributed by atoms with van der Waals surface area (Å²) in [4.78, 5) is 35.9. The number of aliphatic carboxylic acids is 1. The van der Waals surface area contributed by atoms with Crippen LogP contribution in [0.4, 0.5) is 0 Å². The molecule has 0 aromatic heterocycles. The second-order valence-corrected chi connectivity index (χ2v) is 5.11. The topological polar surface area (TPSA) is 86.7 Å². The molecule has 2 atom stereocenters. The highest BCUT2D eigenvalue weighted by Gasteiger charge is 2.23. The Balaban J connectivity index is 2.45. The van der Waals surface area contributed by atoms with Gasteiger partial charge >= 0.3 is 5.97 Å². The number of carbonyl (C=O) groups is 3. The number of nitrogens with zero attached hydrogens (tertiary/aromatic N) is 1. The van der Waals surface area contributed by atoms with E-state index < -0.39 is 17.9 Å². The van der Waals surface area contributed by atoms with Gasteiger partial charge in [-0.2, -0.15) is 0 Å². The summed E-state index contributed by atoms with van der Waals surface area (Å²) in [5.74, 6) is -1.88. The fourth-order valence-corrected chi connectivity index (χ4v) is 2.02. The summed E-state index contributed by atoms with van der Waals surface area (Å²) in [6.07, 6.45) is 3.30. The van der Waals surface area contributed by atoms with Crippen LogP contribution in [0.5, 0.6) is 0 Å². The van der Waals surface area contributed by atoms with Gasteiger partial charge in [0, 0.05) is 19.0 Å². The highest BCUT2D eigenvalue weighted by atomic mass is 16.4. The second-order valence-electron chi connectivity index (χ2n) is 5.11. The monoisotopic (exact) mass is 270 g/mol. The quantitative estimate of drug-likeness (QED) is 0.766. The molecule has 2 amide bonds. The van der Waals surface area contributed by atoms with Crippen LogP contribution in [0.15, 0.2) is 0 Å². The molecule has 0 spiro atoms. The minimum Gasteiger partial charge on any atom is -0.481 e. The van der Waals surface area contributed by atoms with Gasteiger partial charge in [-0.15, -0.1) is 0 Å². The van der Waals surface area contributed by atoms with Crippen LogP contribution in [0.1, 0.15) is 39.5 Å². The highest BCUT2D eigenvalue weighted by molar-refractivity contribution is 5.85. The summed E-state index contributed by atoms with van der Waals surface area (Å²) in [5.41, 5.74) is 0. The predicted molar refractivity (Wildman–Crippen MR) is 69.5 cm³/mol. The Morgan fingerprint density at radius 3 is 2.63 bits per heavy atom. The highest BCUT2D eigenvalue weighted by Crippen LogP contribution is 2.11. The number of hydrogen-bond acceptors (Lipinski definition) is 3. The molecule has 2 N–H and O–H groups in total. The third kappa shape index (κ3) is 4.89. The van der Waals surface area contributed by atoms with E-state index in [0.717, 1.165) is 19.3 Å². The van der Waals surface area contributed by atoms with Gasteiger partial charge in [-0.3, -0.25) is 14.4 Å². The number of rotatable bonds is 5. The molecular formula is C13H22N2O4. The number of amides is 2. The molecule has 0 aromatic rings. The molecular weight excluding hydrogens is 248 g/mol. The summed E-state index contributed by atoms with van der Waals surface area (Å²) in [6, 6.07) is -0.452. The lowest BCUT2D eigenvalue weighted by Gasteiger charge is -2.23.